The fraction of sp³-hybridized carbons (Fsp3) is 0.714. The van der Waals surface area contributed by atoms with Crippen LogP contribution in [0.3, 0.4) is 0 Å². The Morgan fingerprint density at radius 2 is 1.75 bits per heavy atom. The normalized spacial score (nSPS) is 25.1. The molecule has 2 fully saturated rings. The lowest BCUT2D eigenvalue weighted by molar-refractivity contribution is 0.00323. The Hall–Kier alpha value is -1.52. The van der Waals surface area contributed by atoms with Crippen molar-refractivity contribution in [3.63, 3.8) is 0 Å². The molecule has 1 unspecified atom stereocenters. The van der Waals surface area contributed by atoms with Gasteiger partial charge in [-0.2, -0.15) is 0 Å². The molecule has 1 aliphatic carbocycles. The third-order valence-corrected chi connectivity index (χ3v) is 7.96. The Kier molecular flexibility index (Phi) is 8.68. The van der Waals surface area contributed by atoms with Gasteiger partial charge in [-0.25, -0.2) is 0 Å². The second-order valence-corrected chi connectivity index (χ2v) is 10.8. The van der Waals surface area contributed by atoms with Crippen LogP contribution in [0.5, 0.6) is 11.5 Å². The van der Waals surface area contributed by atoms with Crippen molar-refractivity contribution in [1.82, 2.24) is 4.90 Å². The van der Waals surface area contributed by atoms with Crippen molar-refractivity contribution < 1.29 is 14.9 Å². The summed E-state index contributed by atoms with van der Waals surface area (Å²) in [6.07, 6.45) is 9.09. The number of phenolic OH excluding ortho intramolecular Hbond substituents is 2. The molecule has 1 aliphatic heterocycles. The molecular weight excluding hydrogens is 398 g/mol. The average Bonchev–Trinajstić information content (AvgIpc) is 2.76. The maximum atomic E-state index is 11.2. The lowest BCUT2D eigenvalue weighted by Crippen LogP contribution is -2.46. The van der Waals surface area contributed by atoms with Crippen LogP contribution in [0.15, 0.2) is 24.3 Å². The highest BCUT2D eigenvalue weighted by atomic mass is 16.5. The van der Waals surface area contributed by atoms with Gasteiger partial charge >= 0.3 is 0 Å². The van der Waals surface area contributed by atoms with Crippen molar-refractivity contribution in [1.29, 1.82) is 0 Å². The van der Waals surface area contributed by atoms with E-state index in [1.54, 1.807) is 0 Å². The third-order valence-electron chi connectivity index (χ3n) is 7.96. The van der Waals surface area contributed by atoms with Crippen LogP contribution in [0, 0.1) is 5.92 Å². The zero-order valence-electron chi connectivity index (χ0n) is 20.8. The van der Waals surface area contributed by atoms with Crippen LogP contribution in [-0.4, -0.2) is 47.5 Å². The molecule has 0 amide bonds. The molecule has 1 saturated carbocycles. The van der Waals surface area contributed by atoms with Gasteiger partial charge in [-0.1, -0.05) is 58.6 Å². The smallest absolute Gasteiger partial charge is 0.123 e. The number of allylic oxidation sites excluding steroid dienone is 1. The second-order valence-electron chi connectivity index (χ2n) is 10.8. The summed E-state index contributed by atoms with van der Waals surface area (Å²) >= 11 is 0. The summed E-state index contributed by atoms with van der Waals surface area (Å²) in [7, 11) is 0. The lowest BCUT2D eigenvalue weighted by Gasteiger charge is -2.43. The topological polar surface area (TPSA) is 52.9 Å². The molecule has 2 aliphatic rings. The van der Waals surface area contributed by atoms with E-state index in [1.807, 2.05) is 12.1 Å². The van der Waals surface area contributed by atoms with E-state index in [9.17, 15) is 10.2 Å². The fourth-order valence-electron chi connectivity index (χ4n) is 5.86. The van der Waals surface area contributed by atoms with E-state index in [1.165, 1.54) is 25.7 Å². The fourth-order valence-corrected chi connectivity index (χ4v) is 5.86. The number of phenols is 2. The number of morpholine rings is 1. The first-order valence-corrected chi connectivity index (χ1v) is 12.8. The maximum absolute atomic E-state index is 11.2. The van der Waals surface area contributed by atoms with Crippen molar-refractivity contribution in [2.45, 2.75) is 96.4 Å². The van der Waals surface area contributed by atoms with Crippen LogP contribution < -0.4 is 0 Å². The quantitative estimate of drug-likeness (QED) is 0.337. The van der Waals surface area contributed by atoms with Crippen LogP contribution in [0.4, 0.5) is 0 Å². The van der Waals surface area contributed by atoms with Gasteiger partial charge in [0.15, 0.2) is 0 Å². The number of ether oxygens (including phenoxy) is 1. The van der Waals surface area contributed by atoms with E-state index in [0.29, 0.717) is 6.04 Å². The summed E-state index contributed by atoms with van der Waals surface area (Å²) in [5.41, 5.74) is 2.83. The summed E-state index contributed by atoms with van der Waals surface area (Å²) in [4.78, 5) is 2.53. The zero-order chi connectivity index (χ0) is 23.3. The van der Waals surface area contributed by atoms with Crippen molar-refractivity contribution in [2.75, 3.05) is 26.3 Å². The van der Waals surface area contributed by atoms with Crippen LogP contribution >= 0.6 is 0 Å². The van der Waals surface area contributed by atoms with Crippen LogP contribution in [0.25, 0.3) is 0 Å². The molecule has 3 atom stereocenters. The Morgan fingerprint density at radius 3 is 2.34 bits per heavy atom. The average molecular weight is 444 g/mol. The molecule has 32 heavy (non-hydrogen) atoms. The zero-order valence-corrected chi connectivity index (χ0v) is 20.8. The number of benzene rings is 1. The highest BCUT2D eigenvalue weighted by Gasteiger charge is 2.38. The van der Waals surface area contributed by atoms with E-state index in [2.05, 4.69) is 39.2 Å². The largest absolute Gasteiger partial charge is 0.508 e. The number of hydrogen-bond donors (Lipinski definition) is 2. The highest BCUT2D eigenvalue weighted by Crippen LogP contribution is 2.49. The molecule has 180 valence electrons. The van der Waals surface area contributed by atoms with Crippen LogP contribution in [0.1, 0.15) is 96.1 Å². The first-order valence-electron chi connectivity index (χ1n) is 12.8. The molecule has 1 saturated heterocycles. The van der Waals surface area contributed by atoms with Crippen molar-refractivity contribution >= 4 is 0 Å². The van der Waals surface area contributed by atoms with Gasteiger partial charge in [-0.15, -0.1) is 0 Å². The summed E-state index contributed by atoms with van der Waals surface area (Å²) in [5, 5.41) is 22.3. The van der Waals surface area contributed by atoms with Crippen molar-refractivity contribution in [3.05, 3.63) is 35.4 Å². The molecule has 0 bridgehead atoms. The minimum atomic E-state index is -0.0715. The Morgan fingerprint density at radius 1 is 1.09 bits per heavy atom. The van der Waals surface area contributed by atoms with E-state index >= 15 is 0 Å². The van der Waals surface area contributed by atoms with Gasteiger partial charge in [-0.05, 0) is 67.6 Å². The third kappa shape index (κ3) is 5.88. The maximum Gasteiger partial charge on any atom is 0.123 e. The SMILES string of the molecule is C=C(C)[C@H]1CCC(N2CCOCC2)C[C@@H]1c1c(O)cc(C(C)(C)CCCCCC)cc1O. The van der Waals surface area contributed by atoms with Crippen LogP contribution in [-0.2, 0) is 10.2 Å². The predicted molar refractivity (Wildman–Crippen MR) is 133 cm³/mol. The molecule has 1 aromatic carbocycles. The minimum absolute atomic E-state index is 0.0715. The Bertz CT molecular complexity index is 743. The highest BCUT2D eigenvalue weighted by molar-refractivity contribution is 5.51. The monoisotopic (exact) mass is 443 g/mol. The van der Waals surface area contributed by atoms with E-state index < -0.39 is 0 Å². The van der Waals surface area contributed by atoms with Gasteiger partial charge in [0.25, 0.3) is 0 Å². The number of aromatic hydroxyl groups is 2. The van der Waals surface area contributed by atoms with E-state index in [4.69, 9.17) is 4.74 Å². The number of hydrogen-bond acceptors (Lipinski definition) is 4. The number of nitrogens with zero attached hydrogens (tertiary/aromatic N) is 1. The van der Waals surface area contributed by atoms with Gasteiger partial charge in [0.05, 0.1) is 13.2 Å². The first-order chi connectivity index (χ1) is 15.2. The van der Waals surface area contributed by atoms with Gasteiger partial charge < -0.3 is 14.9 Å². The molecule has 1 heterocycles. The molecule has 4 heteroatoms. The Labute approximate surface area is 195 Å². The molecular formula is C28H45NO3. The van der Waals surface area contributed by atoms with E-state index in [-0.39, 0.29) is 28.7 Å². The summed E-state index contributed by atoms with van der Waals surface area (Å²) < 4.78 is 5.55. The van der Waals surface area contributed by atoms with Gasteiger partial charge in [0.2, 0.25) is 0 Å². The van der Waals surface area contributed by atoms with Gasteiger partial charge in [-0.3, -0.25) is 4.90 Å². The summed E-state index contributed by atoms with van der Waals surface area (Å²) in [6.45, 7) is 16.6. The van der Waals surface area contributed by atoms with Crippen LogP contribution in [0.2, 0.25) is 0 Å². The standard InChI is InChI=1S/C28H45NO3/c1-6-7-8-9-12-28(4,5)21-17-25(30)27(26(31)18-21)24-19-22(10-11-23(24)20(2)3)29-13-15-32-16-14-29/h17-18,22-24,30-31H,2,6-16,19H2,1,3-5H3/t22?,23-,24+/m1/s1. The Balaban J connectivity index is 1.84. The van der Waals surface area contributed by atoms with Crippen molar-refractivity contribution in [2.24, 2.45) is 5.92 Å². The van der Waals surface area contributed by atoms with Crippen molar-refractivity contribution in [3.8, 4) is 11.5 Å². The molecule has 1 aromatic rings. The van der Waals surface area contributed by atoms with Gasteiger partial charge in [0, 0.05) is 24.7 Å². The predicted octanol–water partition coefficient (Wildman–Crippen LogP) is 6.51. The molecule has 0 radical (unpaired) electrons. The minimum Gasteiger partial charge on any atom is -0.508 e. The number of unbranched alkanes of at least 4 members (excludes halogenated alkanes) is 3. The van der Waals surface area contributed by atoms with Gasteiger partial charge in [0.1, 0.15) is 11.5 Å². The summed E-state index contributed by atoms with van der Waals surface area (Å²) in [5.74, 6) is 0.883. The molecule has 3 rings (SSSR count). The second kappa shape index (κ2) is 11.1. The summed E-state index contributed by atoms with van der Waals surface area (Å²) in [6, 6.07) is 4.30. The lowest BCUT2D eigenvalue weighted by atomic mass is 9.69. The molecule has 4 nitrogen and oxygen atoms in total. The first kappa shape index (κ1) is 25.1. The van der Waals surface area contributed by atoms with E-state index in [0.717, 1.165) is 68.7 Å². The molecule has 0 spiro atoms. The molecule has 0 aromatic heterocycles. The molecule has 2 N–H and O–H groups in total. The number of rotatable bonds is 9.